The van der Waals surface area contributed by atoms with E-state index in [1.807, 2.05) is 48.5 Å². The van der Waals surface area contributed by atoms with E-state index < -0.39 is 5.82 Å². The van der Waals surface area contributed by atoms with Crippen LogP contribution in [-0.4, -0.2) is 68.9 Å². The molecule has 0 spiro atoms. The first-order valence-corrected chi connectivity index (χ1v) is 13.6. The molecule has 1 N–H and O–H groups in total. The zero-order valence-electron chi connectivity index (χ0n) is 20.1. The fourth-order valence-electron chi connectivity index (χ4n) is 4.07. The fraction of sp³-hybridized carbons (Fsp3) is 0.192. The largest absolute Gasteiger partial charge is 0.368 e. The lowest BCUT2D eigenvalue weighted by Crippen LogP contribution is -2.49. The second-order valence-electron chi connectivity index (χ2n) is 8.49. The Morgan fingerprint density at radius 3 is 2.32 bits per heavy atom. The summed E-state index contributed by atoms with van der Waals surface area (Å²) in [6.07, 6.45) is 0. The van der Waals surface area contributed by atoms with Gasteiger partial charge < -0.3 is 15.1 Å². The van der Waals surface area contributed by atoms with Gasteiger partial charge in [0.1, 0.15) is 5.82 Å². The van der Waals surface area contributed by atoms with Crippen LogP contribution in [0.5, 0.6) is 0 Å². The van der Waals surface area contributed by atoms with Gasteiger partial charge in [0.2, 0.25) is 11.1 Å². The number of anilines is 2. The number of hydrogen-bond acceptors (Lipinski definition) is 7. The molecule has 3 aromatic carbocycles. The van der Waals surface area contributed by atoms with E-state index >= 15 is 0 Å². The lowest BCUT2D eigenvalue weighted by atomic mass is 10.1. The average Bonchev–Trinajstić information content (AvgIpc) is 3.41. The van der Waals surface area contributed by atoms with Crippen LogP contribution in [0.2, 0.25) is 0 Å². The third kappa shape index (κ3) is 6.03. The molecule has 0 aliphatic carbocycles. The Morgan fingerprint density at radius 2 is 1.61 bits per heavy atom. The number of nitrogens with one attached hydrogen (secondary N) is 1. The maximum atomic E-state index is 14.0. The summed E-state index contributed by atoms with van der Waals surface area (Å²) in [4.78, 5) is 29.0. The van der Waals surface area contributed by atoms with Gasteiger partial charge in [-0.05, 0) is 71.1 Å². The minimum Gasteiger partial charge on any atom is -0.368 e. The van der Waals surface area contributed by atoms with E-state index in [1.165, 1.54) is 23.9 Å². The molecular weight excluding hydrogens is 573 g/mol. The summed E-state index contributed by atoms with van der Waals surface area (Å²) in [6, 6.07) is 21.2. The maximum Gasteiger partial charge on any atom is 0.256 e. The monoisotopic (exact) mass is 595 g/mol. The van der Waals surface area contributed by atoms with Crippen LogP contribution in [0.4, 0.5) is 15.8 Å². The molecule has 2 heterocycles. The predicted molar refractivity (Wildman–Crippen MR) is 147 cm³/mol. The highest BCUT2D eigenvalue weighted by molar-refractivity contribution is 9.10. The van der Waals surface area contributed by atoms with Gasteiger partial charge in [-0.25, -0.2) is 4.39 Å². The average molecular weight is 596 g/mol. The number of nitrogens with zero attached hydrogens (tertiary/aromatic N) is 6. The molecule has 1 aromatic heterocycles. The van der Waals surface area contributed by atoms with Crippen molar-refractivity contribution in [1.82, 2.24) is 25.1 Å². The summed E-state index contributed by atoms with van der Waals surface area (Å²) in [5.41, 5.74) is 2.57. The highest BCUT2D eigenvalue weighted by atomic mass is 79.9. The van der Waals surface area contributed by atoms with Gasteiger partial charge in [0.05, 0.1) is 17.0 Å². The van der Waals surface area contributed by atoms with Crippen LogP contribution in [0.3, 0.4) is 0 Å². The Labute approximate surface area is 231 Å². The van der Waals surface area contributed by atoms with Gasteiger partial charge in [-0.2, -0.15) is 4.68 Å². The number of carbonyl (C=O) groups is 2. The first kappa shape index (κ1) is 25.9. The van der Waals surface area contributed by atoms with E-state index in [9.17, 15) is 14.0 Å². The van der Waals surface area contributed by atoms with Crippen molar-refractivity contribution >= 4 is 50.9 Å². The SMILES string of the molecule is O=C(CSc1nnnn1-c1ccc(Br)cc1)Nc1ccc(N2CCN(C(=O)c3ccccc3F)CC2)cc1. The van der Waals surface area contributed by atoms with Crippen molar-refractivity contribution in [1.29, 1.82) is 0 Å². The molecule has 5 rings (SSSR count). The van der Waals surface area contributed by atoms with Crippen molar-refractivity contribution in [2.75, 3.05) is 42.1 Å². The fourth-order valence-corrected chi connectivity index (χ4v) is 5.02. The summed E-state index contributed by atoms with van der Waals surface area (Å²) < 4.78 is 16.5. The second-order valence-corrected chi connectivity index (χ2v) is 10.4. The van der Waals surface area contributed by atoms with Crippen LogP contribution >= 0.6 is 27.7 Å². The number of carbonyl (C=O) groups excluding carboxylic acids is 2. The van der Waals surface area contributed by atoms with Crippen molar-refractivity contribution in [3.8, 4) is 5.69 Å². The molecule has 0 atom stereocenters. The number of piperazine rings is 1. The maximum absolute atomic E-state index is 14.0. The zero-order chi connectivity index (χ0) is 26.5. The van der Waals surface area contributed by atoms with E-state index in [0.717, 1.165) is 15.8 Å². The van der Waals surface area contributed by atoms with Crippen molar-refractivity contribution in [2.24, 2.45) is 0 Å². The molecule has 4 aromatic rings. The lowest BCUT2D eigenvalue weighted by molar-refractivity contribution is -0.113. The Kier molecular flexibility index (Phi) is 7.99. The Balaban J connectivity index is 1.11. The molecule has 1 fully saturated rings. The van der Waals surface area contributed by atoms with Gasteiger partial charge in [0, 0.05) is 42.0 Å². The minimum absolute atomic E-state index is 0.101. The lowest BCUT2D eigenvalue weighted by Gasteiger charge is -2.36. The summed E-state index contributed by atoms with van der Waals surface area (Å²) in [7, 11) is 0. The van der Waals surface area contributed by atoms with Gasteiger partial charge >= 0.3 is 0 Å². The van der Waals surface area contributed by atoms with Crippen molar-refractivity contribution < 1.29 is 14.0 Å². The molecule has 0 radical (unpaired) electrons. The Morgan fingerprint density at radius 1 is 0.921 bits per heavy atom. The number of amides is 2. The Hall–Kier alpha value is -3.77. The molecule has 38 heavy (non-hydrogen) atoms. The third-order valence-electron chi connectivity index (χ3n) is 6.03. The molecule has 0 saturated carbocycles. The van der Waals surface area contributed by atoms with Gasteiger partial charge in [0.25, 0.3) is 5.91 Å². The summed E-state index contributed by atoms with van der Waals surface area (Å²) in [5, 5.41) is 15.2. The van der Waals surface area contributed by atoms with Gasteiger partial charge in [-0.1, -0.05) is 39.8 Å². The number of halogens is 2. The number of thioether (sulfide) groups is 1. The molecule has 0 bridgehead atoms. The topological polar surface area (TPSA) is 96.2 Å². The van der Waals surface area contributed by atoms with Crippen LogP contribution in [0.15, 0.2) is 82.4 Å². The van der Waals surface area contributed by atoms with Crippen LogP contribution in [0, 0.1) is 5.82 Å². The van der Waals surface area contributed by atoms with Crippen molar-refractivity contribution in [2.45, 2.75) is 5.16 Å². The number of rotatable bonds is 7. The van der Waals surface area contributed by atoms with Gasteiger partial charge in [-0.15, -0.1) is 5.10 Å². The predicted octanol–water partition coefficient (Wildman–Crippen LogP) is 4.26. The normalized spacial score (nSPS) is 13.4. The number of benzene rings is 3. The molecule has 2 amide bonds. The molecule has 194 valence electrons. The molecule has 12 heteroatoms. The minimum atomic E-state index is -0.501. The van der Waals surface area contributed by atoms with E-state index in [-0.39, 0.29) is 23.1 Å². The van der Waals surface area contributed by atoms with E-state index in [2.05, 4.69) is 41.7 Å². The molecule has 1 aliphatic heterocycles. The van der Waals surface area contributed by atoms with Crippen molar-refractivity contribution in [3.05, 3.63) is 88.6 Å². The standard InChI is InChI=1S/C26H23BrFN7O2S/c27-18-5-9-21(10-6-18)35-26(30-31-32-35)38-17-24(36)29-19-7-11-20(12-8-19)33-13-15-34(16-14-33)25(37)22-3-1-2-4-23(22)28/h1-12H,13-17H2,(H,29,36). The van der Waals surface area contributed by atoms with E-state index in [1.54, 1.807) is 21.7 Å². The molecule has 1 aliphatic rings. The van der Waals surface area contributed by atoms with Crippen LogP contribution in [0.1, 0.15) is 10.4 Å². The molecular formula is C26H23BrFN7O2S. The highest BCUT2D eigenvalue weighted by Crippen LogP contribution is 2.23. The summed E-state index contributed by atoms with van der Waals surface area (Å²) >= 11 is 4.65. The van der Waals surface area contributed by atoms with Crippen LogP contribution in [-0.2, 0) is 4.79 Å². The summed E-state index contributed by atoms with van der Waals surface area (Å²) in [5.74, 6) is -0.812. The number of hydrogen-bond donors (Lipinski definition) is 1. The first-order chi connectivity index (χ1) is 18.5. The molecule has 0 unspecified atom stereocenters. The third-order valence-corrected chi connectivity index (χ3v) is 7.48. The quantitative estimate of drug-likeness (QED) is 0.319. The van der Waals surface area contributed by atoms with Gasteiger partial charge in [-0.3, -0.25) is 9.59 Å². The van der Waals surface area contributed by atoms with Crippen LogP contribution in [0.25, 0.3) is 5.69 Å². The second kappa shape index (κ2) is 11.7. The Bertz CT molecular complexity index is 1420. The zero-order valence-corrected chi connectivity index (χ0v) is 22.5. The first-order valence-electron chi connectivity index (χ1n) is 11.8. The van der Waals surface area contributed by atoms with Crippen LogP contribution < -0.4 is 10.2 Å². The number of aromatic nitrogens is 4. The van der Waals surface area contributed by atoms with Crippen molar-refractivity contribution in [3.63, 3.8) is 0 Å². The molecule has 1 saturated heterocycles. The van der Waals surface area contributed by atoms with Gasteiger partial charge in [0.15, 0.2) is 0 Å². The smallest absolute Gasteiger partial charge is 0.256 e. The highest BCUT2D eigenvalue weighted by Gasteiger charge is 2.24. The number of tetrazole rings is 1. The molecule has 9 nitrogen and oxygen atoms in total. The summed E-state index contributed by atoms with van der Waals surface area (Å²) in [6.45, 7) is 2.27. The van der Waals surface area contributed by atoms with E-state index in [0.29, 0.717) is 37.0 Å². The van der Waals surface area contributed by atoms with E-state index in [4.69, 9.17) is 0 Å².